The quantitative estimate of drug-likeness (QED) is 0.542. The van der Waals surface area contributed by atoms with Gasteiger partial charge in [-0.15, -0.1) is 0 Å². The Morgan fingerprint density at radius 2 is 2.07 bits per heavy atom. The molecule has 2 atom stereocenters. The highest BCUT2D eigenvalue weighted by atomic mass is 16.5. The molecule has 0 spiro atoms. The molecule has 80 valence electrons. The lowest BCUT2D eigenvalue weighted by Gasteiger charge is -2.28. The van der Waals surface area contributed by atoms with Gasteiger partial charge >= 0.3 is 5.97 Å². The molecule has 0 heterocycles. The molecule has 1 rings (SSSR count). The van der Waals surface area contributed by atoms with Crippen LogP contribution in [0.5, 0.6) is 0 Å². The molecule has 1 fully saturated rings. The predicted octanol–water partition coefficient (Wildman–Crippen LogP) is 1.83. The number of rotatable bonds is 2. The lowest BCUT2D eigenvalue weighted by Crippen LogP contribution is -2.23. The Morgan fingerprint density at radius 1 is 1.43 bits per heavy atom. The number of methoxy groups -OCH3 is 1. The summed E-state index contributed by atoms with van der Waals surface area (Å²) >= 11 is 0. The number of hydrogen-bond acceptors (Lipinski definition) is 3. The monoisotopic (exact) mass is 197 g/mol. The van der Waals surface area contributed by atoms with Gasteiger partial charge in [0.2, 0.25) is 0 Å². The van der Waals surface area contributed by atoms with Crippen molar-refractivity contribution < 1.29 is 9.53 Å². The zero-order valence-corrected chi connectivity index (χ0v) is 8.95. The lowest BCUT2D eigenvalue weighted by molar-refractivity contribution is -0.134. The van der Waals surface area contributed by atoms with Crippen LogP contribution in [0.1, 0.15) is 32.6 Å². The summed E-state index contributed by atoms with van der Waals surface area (Å²) in [6, 6.07) is 0. The lowest BCUT2D eigenvalue weighted by atomic mass is 9.78. The van der Waals surface area contributed by atoms with Crippen LogP contribution in [-0.2, 0) is 9.53 Å². The zero-order chi connectivity index (χ0) is 10.6. The second kappa shape index (κ2) is 5.03. The number of ether oxygens (including phenoxy) is 1. The molecule has 2 unspecified atom stereocenters. The summed E-state index contributed by atoms with van der Waals surface area (Å²) in [6.07, 6.45) is 6.22. The van der Waals surface area contributed by atoms with Crippen molar-refractivity contribution in [3.05, 3.63) is 11.8 Å². The molecule has 3 heteroatoms. The third-order valence-corrected chi connectivity index (χ3v) is 3.03. The maximum Gasteiger partial charge on any atom is 0.332 e. The average Bonchev–Trinajstić information content (AvgIpc) is 2.18. The van der Waals surface area contributed by atoms with Crippen LogP contribution in [0.3, 0.4) is 0 Å². The van der Waals surface area contributed by atoms with E-state index in [0.29, 0.717) is 17.5 Å². The molecule has 14 heavy (non-hydrogen) atoms. The molecule has 0 aromatic heterocycles. The SMILES string of the molecule is COC(=O)C=C(N)C1CCCCC1C. The Balaban J connectivity index is 2.61. The minimum Gasteiger partial charge on any atom is -0.466 e. The van der Waals surface area contributed by atoms with Crippen LogP contribution >= 0.6 is 0 Å². The van der Waals surface area contributed by atoms with Gasteiger partial charge in [-0.1, -0.05) is 26.2 Å². The van der Waals surface area contributed by atoms with Gasteiger partial charge in [0.05, 0.1) is 7.11 Å². The number of nitrogens with two attached hydrogens (primary N) is 1. The Labute approximate surface area is 85.3 Å². The maximum atomic E-state index is 11.0. The molecule has 0 aliphatic heterocycles. The highest BCUT2D eigenvalue weighted by Gasteiger charge is 2.23. The van der Waals surface area contributed by atoms with Crippen molar-refractivity contribution in [2.75, 3.05) is 7.11 Å². The highest BCUT2D eigenvalue weighted by molar-refractivity contribution is 5.82. The maximum absolute atomic E-state index is 11.0. The van der Waals surface area contributed by atoms with Crippen molar-refractivity contribution in [3.63, 3.8) is 0 Å². The summed E-state index contributed by atoms with van der Waals surface area (Å²) in [5.41, 5.74) is 6.56. The number of carbonyl (C=O) groups excluding carboxylic acids is 1. The van der Waals surface area contributed by atoms with E-state index in [1.54, 1.807) is 0 Å². The molecule has 1 aliphatic rings. The van der Waals surface area contributed by atoms with Crippen LogP contribution < -0.4 is 5.73 Å². The van der Waals surface area contributed by atoms with Gasteiger partial charge in [0.25, 0.3) is 0 Å². The van der Waals surface area contributed by atoms with Gasteiger partial charge < -0.3 is 10.5 Å². The fourth-order valence-electron chi connectivity index (χ4n) is 2.11. The predicted molar refractivity (Wildman–Crippen MR) is 55.4 cm³/mol. The Bertz CT molecular complexity index is 235. The molecule has 0 saturated heterocycles. The Kier molecular flexibility index (Phi) is 3.98. The Morgan fingerprint density at radius 3 is 2.64 bits per heavy atom. The van der Waals surface area contributed by atoms with E-state index >= 15 is 0 Å². The van der Waals surface area contributed by atoms with Crippen LogP contribution in [0.4, 0.5) is 0 Å². The first-order valence-electron chi connectivity index (χ1n) is 5.20. The number of allylic oxidation sites excluding steroid dienone is 1. The van der Waals surface area contributed by atoms with E-state index in [4.69, 9.17) is 5.73 Å². The molecule has 0 bridgehead atoms. The minimum absolute atomic E-state index is 0.347. The second-order valence-corrected chi connectivity index (χ2v) is 4.04. The van der Waals surface area contributed by atoms with Crippen LogP contribution in [0.2, 0.25) is 0 Å². The van der Waals surface area contributed by atoms with Gasteiger partial charge in [0.1, 0.15) is 0 Å². The first-order chi connectivity index (χ1) is 6.65. The third kappa shape index (κ3) is 2.76. The summed E-state index contributed by atoms with van der Waals surface area (Å²) in [4.78, 5) is 11.0. The number of hydrogen-bond donors (Lipinski definition) is 1. The van der Waals surface area contributed by atoms with Crippen LogP contribution in [-0.4, -0.2) is 13.1 Å². The van der Waals surface area contributed by atoms with Gasteiger partial charge in [-0.05, 0) is 12.3 Å². The van der Waals surface area contributed by atoms with Gasteiger partial charge in [0.15, 0.2) is 0 Å². The summed E-state index contributed by atoms with van der Waals surface area (Å²) in [5.74, 6) is 0.604. The Hall–Kier alpha value is -0.990. The molecular weight excluding hydrogens is 178 g/mol. The van der Waals surface area contributed by atoms with Crippen LogP contribution in [0, 0.1) is 11.8 Å². The molecule has 1 saturated carbocycles. The van der Waals surface area contributed by atoms with Crippen molar-refractivity contribution in [1.82, 2.24) is 0 Å². The van der Waals surface area contributed by atoms with Gasteiger partial charge in [-0.25, -0.2) is 4.79 Å². The standard InChI is InChI=1S/C11H19NO2/c1-8-5-3-4-6-9(8)10(12)7-11(13)14-2/h7-9H,3-6,12H2,1-2H3. The smallest absolute Gasteiger partial charge is 0.332 e. The topological polar surface area (TPSA) is 52.3 Å². The first kappa shape index (κ1) is 11.1. The molecule has 0 aromatic carbocycles. The summed E-state index contributed by atoms with van der Waals surface area (Å²) in [7, 11) is 1.37. The minimum atomic E-state index is -0.347. The van der Waals surface area contributed by atoms with E-state index in [2.05, 4.69) is 11.7 Å². The van der Waals surface area contributed by atoms with E-state index in [1.807, 2.05) is 0 Å². The number of esters is 1. The van der Waals surface area contributed by atoms with E-state index in [-0.39, 0.29) is 5.97 Å². The van der Waals surface area contributed by atoms with E-state index < -0.39 is 0 Å². The summed E-state index contributed by atoms with van der Waals surface area (Å²) in [5, 5.41) is 0. The molecular formula is C11H19NO2. The van der Waals surface area contributed by atoms with Crippen molar-refractivity contribution in [3.8, 4) is 0 Å². The fraction of sp³-hybridized carbons (Fsp3) is 0.727. The van der Waals surface area contributed by atoms with E-state index in [1.165, 1.54) is 32.4 Å². The van der Waals surface area contributed by atoms with Crippen LogP contribution in [0.25, 0.3) is 0 Å². The van der Waals surface area contributed by atoms with Crippen LogP contribution in [0.15, 0.2) is 11.8 Å². The molecule has 2 N–H and O–H groups in total. The van der Waals surface area contributed by atoms with Gasteiger partial charge in [-0.3, -0.25) is 0 Å². The molecule has 1 aliphatic carbocycles. The number of carbonyl (C=O) groups is 1. The average molecular weight is 197 g/mol. The zero-order valence-electron chi connectivity index (χ0n) is 8.95. The van der Waals surface area contributed by atoms with Crippen molar-refractivity contribution >= 4 is 5.97 Å². The second-order valence-electron chi connectivity index (χ2n) is 4.04. The van der Waals surface area contributed by atoms with Crippen molar-refractivity contribution in [1.29, 1.82) is 0 Å². The normalized spacial score (nSPS) is 28.6. The summed E-state index contributed by atoms with van der Waals surface area (Å²) < 4.78 is 4.55. The molecule has 0 aromatic rings. The van der Waals surface area contributed by atoms with Crippen molar-refractivity contribution in [2.45, 2.75) is 32.6 Å². The molecule has 0 radical (unpaired) electrons. The molecule has 0 amide bonds. The van der Waals surface area contributed by atoms with Gasteiger partial charge in [-0.2, -0.15) is 0 Å². The fourth-order valence-corrected chi connectivity index (χ4v) is 2.11. The third-order valence-electron chi connectivity index (χ3n) is 3.03. The van der Waals surface area contributed by atoms with E-state index in [9.17, 15) is 4.79 Å². The molecule has 3 nitrogen and oxygen atoms in total. The first-order valence-corrected chi connectivity index (χ1v) is 5.20. The largest absolute Gasteiger partial charge is 0.466 e. The van der Waals surface area contributed by atoms with E-state index in [0.717, 1.165) is 6.42 Å². The van der Waals surface area contributed by atoms with Crippen molar-refractivity contribution in [2.24, 2.45) is 17.6 Å². The van der Waals surface area contributed by atoms with Gasteiger partial charge in [0, 0.05) is 17.7 Å². The highest BCUT2D eigenvalue weighted by Crippen LogP contribution is 2.32. The summed E-state index contributed by atoms with van der Waals surface area (Å²) in [6.45, 7) is 2.20.